The van der Waals surface area contributed by atoms with Crippen LogP contribution in [0.4, 0.5) is 0 Å². The summed E-state index contributed by atoms with van der Waals surface area (Å²) in [6, 6.07) is 7.66. The summed E-state index contributed by atoms with van der Waals surface area (Å²) in [6.45, 7) is 5.83. The Kier molecular flexibility index (Phi) is 5.71. The van der Waals surface area contributed by atoms with Crippen LogP contribution in [0.5, 0.6) is 5.75 Å². The third-order valence-corrected chi connectivity index (χ3v) is 4.66. The van der Waals surface area contributed by atoms with Gasteiger partial charge in [-0.25, -0.2) is 0 Å². The fourth-order valence-corrected chi connectivity index (χ4v) is 3.18. The van der Waals surface area contributed by atoms with Crippen LogP contribution in [0.1, 0.15) is 24.9 Å². The van der Waals surface area contributed by atoms with E-state index < -0.39 is 0 Å². The maximum Gasteiger partial charge on any atom is 0.237 e. The number of amides is 1. The van der Waals surface area contributed by atoms with E-state index in [-0.39, 0.29) is 24.1 Å². The summed E-state index contributed by atoms with van der Waals surface area (Å²) in [7, 11) is 2.09. The summed E-state index contributed by atoms with van der Waals surface area (Å²) < 4.78 is 11.4. The van der Waals surface area contributed by atoms with E-state index in [4.69, 9.17) is 9.47 Å². The van der Waals surface area contributed by atoms with Gasteiger partial charge in [-0.1, -0.05) is 18.2 Å². The topological polar surface area (TPSA) is 62.8 Å². The molecule has 0 saturated carbocycles. The number of hydrogen-bond acceptors (Lipinski definition) is 5. The Morgan fingerprint density at radius 2 is 2.21 bits per heavy atom. The van der Waals surface area contributed by atoms with E-state index in [0.717, 1.165) is 37.4 Å². The smallest absolute Gasteiger partial charge is 0.237 e. The molecule has 24 heavy (non-hydrogen) atoms. The Morgan fingerprint density at radius 3 is 3.04 bits per heavy atom. The quantitative estimate of drug-likeness (QED) is 0.840. The summed E-state index contributed by atoms with van der Waals surface area (Å²) in [5.41, 5.74) is 1.06. The number of carbonyl (C=O) groups is 1. The molecule has 1 saturated heterocycles. The molecule has 0 bridgehead atoms. The molecular formula is C18H27N3O3. The zero-order valence-electron chi connectivity index (χ0n) is 14.5. The van der Waals surface area contributed by atoms with E-state index in [1.54, 1.807) is 0 Å². The number of nitrogens with one attached hydrogen (secondary N) is 2. The van der Waals surface area contributed by atoms with Crippen LogP contribution in [-0.4, -0.2) is 62.8 Å². The van der Waals surface area contributed by atoms with Crippen molar-refractivity contribution in [2.75, 3.05) is 39.9 Å². The largest absolute Gasteiger partial charge is 0.493 e. The summed E-state index contributed by atoms with van der Waals surface area (Å²) in [4.78, 5) is 14.7. The van der Waals surface area contributed by atoms with Crippen molar-refractivity contribution in [3.63, 3.8) is 0 Å². The van der Waals surface area contributed by atoms with Crippen LogP contribution in [0, 0.1) is 0 Å². The molecule has 2 N–H and O–H groups in total. The second-order valence-corrected chi connectivity index (χ2v) is 6.62. The van der Waals surface area contributed by atoms with Gasteiger partial charge in [0.1, 0.15) is 5.75 Å². The molecule has 0 aromatic heterocycles. The van der Waals surface area contributed by atoms with Crippen molar-refractivity contribution < 1.29 is 14.3 Å². The van der Waals surface area contributed by atoms with Crippen LogP contribution in [0.15, 0.2) is 24.3 Å². The van der Waals surface area contributed by atoms with Gasteiger partial charge in [0, 0.05) is 31.6 Å². The van der Waals surface area contributed by atoms with Gasteiger partial charge in [-0.05, 0) is 20.0 Å². The van der Waals surface area contributed by atoms with E-state index in [2.05, 4.69) is 22.6 Å². The minimum Gasteiger partial charge on any atom is -0.493 e. The number of nitrogens with zero attached hydrogens (tertiary/aromatic N) is 1. The molecule has 2 heterocycles. The van der Waals surface area contributed by atoms with Gasteiger partial charge in [0.25, 0.3) is 0 Å². The highest BCUT2D eigenvalue weighted by atomic mass is 16.5. The van der Waals surface area contributed by atoms with Crippen molar-refractivity contribution in [1.29, 1.82) is 0 Å². The average molecular weight is 333 g/mol. The number of rotatable bonds is 5. The van der Waals surface area contributed by atoms with E-state index in [0.29, 0.717) is 13.2 Å². The average Bonchev–Trinajstić information content (AvgIpc) is 2.60. The Balaban J connectivity index is 1.50. The summed E-state index contributed by atoms with van der Waals surface area (Å²) in [5, 5.41) is 6.43. The summed E-state index contributed by atoms with van der Waals surface area (Å²) in [5.74, 6) is 0.883. The van der Waals surface area contributed by atoms with Crippen molar-refractivity contribution >= 4 is 5.91 Å². The van der Waals surface area contributed by atoms with Crippen molar-refractivity contribution in [1.82, 2.24) is 15.5 Å². The van der Waals surface area contributed by atoms with Crippen LogP contribution in [0.3, 0.4) is 0 Å². The number of hydrogen-bond donors (Lipinski definition) is 2. The molecule has 0 spiro atoms. The molecule has 3 atom stereocenters. The van der Waals surface area contributed by atoms with Crippen molar-refractivity contribution in [3.8, 4) is 5.75 Å². The second-order valence-electron chi connectivity index (χ2n) is 6.62. The molecule has 1 aromatic rings. The normalized spacial score (nSPS) is 25.4. The first-order valence-corrected chi connectivity index (χ1v) is 8.69. The van der Waals surface area contributed by atoms with E-state index in [1.165, 1.54) is 0 Å². The number of para-hydroxylation sites is 1. The third kappa shape index (κ3) is 4.26. The van der Waals surface area contributed by atoms with Crippen molar-refractivity contribution in [3.05, 3.63) is 29.8 Å². The van der Waals surface area contributed by atoms with Gasteiger partial charge < -0.3 is 25.0 Å². The number of ether oxygens (including phenoxy) is 2. The van der Waals surface area contributed by atoms with Crippen LogP contribution >= 0.6 is 0 Å². The van der Waals surface area contributed by atoms with Crippen LogP contribution in [0.2, 0.25) is 0 Å². The lowest BCUT2D eigenvalue weighted by Gasteiger charge is -2.31. The fourth-order valence-electron chi connectivity index (χ4n) is 3.18. The van der Waals surface area contributed by atoms with E-state index in [9.17, 15) is 4.79 Å². The number of likely N-dealkylation sites (N-methyl/N-ethyl adjacent to an activating group) is 1. The molecule has 132 valence electrons. The first kappa shape index (κ1) is 17.2. The van der Waals surface area contributed by atoms with Crippen molar-refractivity contribution in [2.24, 2.45) is 0 Å². The predicted molar refractivity (Wildman–Crippen MR) is 92.1 cm³/mol. The van der Waals surface area contributed by atoms with Gasteiger partial charge in [-0.2, -0.15) is 0 Å². The van der Waals surface area contributed by atoms with Crippen LogP contribution in [0.25, 0.3) is 0 Å². The molecule has 0 radical (unpaired) electrons. The fraction of sp³-hybridized carbons (Fsp3) is 0.611. The standard InChI is InChI=1S/C18H27N3O3/c1-13(19-11-14-12-21(2)8-10-23-14)18(22)20-16-7-9-24-17-6-4-3-5-15(16)17/h3-6,13-14,16,19H,7-12H2,1-2H3,(H,20,22)/t13-,14+,16+/m0/s1. The molecule has 2 aliphatic rings. The predicted octanol–water partition coefficient (Wildman–Crippen LogP) is 0.935. The maximum absolute atomic E-state index is 12.5. The first-order chi connectivity index (χ1) is 11.6. The minimum absolute atomic E-state index is 0.0147. The van der Waals surface area contributed by atoms with Gasteiger partial charge in [-0.15, -0.1) is 0 Å². The molecule has 6 nitrogen and oxygen atoms in total. The number of morpholine rings is 1. The molecular weight excluding hydrogens is 306 g/mol. The molecule has 6 heteroatoms. The van der Waals surface area contributed by atoms with Gasteiger partial charge in [0.05, 0.1) is 31.4 Å². The maximum atomic E-state index is 12.5. The molecule has 1 fully saturated rings. The molecule has 2 aliphatic heterocycles. The highest BCUT2D eigenvalue weighted by molar-refractivity contribution is 5.81. The molecule has 0 aliphatic carbocycles. The van der Waals surface area contributed by atoms with Crippen molar-refractivity contribution in [2.45, 2.75) is 31.5 Å². The van der Waals surface area contributed by atoms with E-state index in [1.807, 2.05) is 31.2 Å². The first-order valence-electron chi connectivity index (χ1n) is 8.69. The minimum atomic E-state index is -0.254. The summed E-state index contributed by atoms with van der Waals surface area (Å²) >= 11 is 0. The lowest BCUT2D eigenvalue weighted by atomic mass is 10.0. The van der Waals surface area contributed by atoms with Gasteiger partial charge in [0.15, 0.2) is 0 Å². The lowest BCUT2D eigenvalue weighted by Crippen LogP contribution is -2.50. The highest BCUT2D eigenvalue weighted by Gasteiger charge is 2.25. The molecule has 1 amide bonds. The third-order valence-electron chi connectivity index (χ3n) is 4.66. The SMILES string of the molecule is C[C@H](NC[C@@H]1CN(C)CCO1)C(=O)N[C@@H]1CCOc2ccccc21. The highest BCUT2D eigenvalue weighted by Crippen LogP contribution is 2.31. The van der Waals surface area contributed by atoms with Crippen LogP contribution in [-0.2, 0) is 9.53 Å². The molecule has 1 aromatic carbocycles. The Hall–Kier alpha value is -1.63. The van der Waals surface area contributed by atoms with E-state index >= 15 is 0 Å². The number of fused-ring (bicyclic) bond motifs is 1. The molecule has 3 rings (SSSR count). The number of carbonyl (C=O) groups excluding carboxylic acids is 1. The Morgan fingerprint density at radius 1 is 1.38 bits per heavy atom. The van der Waals surface area contributed by atoms with Gasteiger partial charge >= 0.3 is 0 Å². The lowest BCUT2D eigenvalue weighted by molar-refractivity contribution is -0.124. The monoisotopic (exact) mass is 333 g/mol. The van der Waals surface area contributed by atoms with Gasteiger partial charge in [0.2, 0.25) is 5.91 Å². The Labute approximate surface area is 143 Å². The number of benzene rings is 1. The molecule has 0 unspecified atom stereocenters. The van der Waals surface area contributed by atoms with Gasteiger partial charge in [-0.3, -0.25) is 4.79 Å². The summed E-state index contributed by atoms with van der Waals surface area (Å²) in [6.07, 6.45) is 0.939. The zero-order valence-corrected chi connectivity index (χ0v) is 14.5. The second kappa shape index (κ2) is 7.96. The Bertz CT molecular complexity index is 566. The van der Waals surface area contributed by atoms with Crippen LogP contribution < -0.4 is 15.4 Å². The zero-order chi connectivity index (χ0) is 16.9.